The predicted octanol–water partition coefficient (Wildman–Crippen LogP) is 3.97. The predicted molar refractivity (Wildman–Crippen MR) is 79.2 cm³/mol. The number of hydrogen-bond acceptors (Lipinski definition) is 2. The number of hydrogen-bond donors (Lipinski definition) is 0. The lowest BCUT2D eigenvalue weighted by Crippen LogP contribution is -2.40. The molecule has 17 heavy (non-hydrogen) atoms. The van der Waals surface area contributed by atoms with E-state index in [1.54, 1.807) is 0 Å². The van der Waals surface area contributed by atoms with Gasteiger partial charge in [0.25, 0.3) is 0 Å². The minimum Gasteiger partial charge on any atom is -0.294 e. The monoisotopic (exact) mass is 345 g/mol. The molecule has 0 spiro atoms. The summed E-state index contributed by atoms with van der Waals surface area (Å²) in [6.07, 6.45) is 1.43. The summed E-state index contributed by atoms with van der Waals surface area (Å²) < 4.78 is 1.05. The van der Waals surface area contributed by atoms with Gasteiger partial charge in [0, 0.05) is 9.97 Å². The number of halogens is 1. The lowest BCUT2D eigenvalue weighted by Gasteiger charge is -2.35. The first-order valence-electron chi connectivity index (χ1n) is 6.09. The Morgan fingerprint density at radius 1 is 1.29 bits per heavy atom. The van der Waals surface area contributed by atoms with Crippen LogP contribution < -0.4 is 0 Å². The largest absolute Gasteiger partial charge is 0.294 e. The summed E-state index contributed by atoms with van der Waals surface area (Å²) in [6, 6.07) is 11.1. The highest BCUT2D eigenvalue weighted by Gasteiger charge is 2.39. The van der Waals surface area contributed by atoms with E-state index < -0.39 is 0 Å². The van der Waals surface area contributed by atoms with Crippen LogP contribution in [0.2, 0.25) is 0 Å². The molecule has 0 bridgehead atoms. The lowest BCUT2D eigenvalue weighted by molar-refractivity contribution is -0.208. The van der Waals surface area contributed by atoms with Gasteiger partial charge < -0.3 is 0 Å². The van der Waals surface area contributed by atoms with Crippen LogP contribution in [0.3, 0.4) is 0 Å². The van der Waals surface area contributed by atoms with Gasteiger partial charge in [0.05, 0.1) is 12.1 Å². The van der Waals surface area contributed by atoms with Crippen LogP contribution in [0.4, 0.5) is 0 Å². The van der Waals surface area contributed by atoms with E-state index in [4.69, 9.17) is 4.84 Å². The van der Waals surface area contributed by atoms with Crippen molar-refractivity contribution in [2.24, 2.45) is 0 Å². The van der Waals surface area contributed by atoms with Gasteiger partial charge in [-0.25, -0.2) is 0 Å². The molecule has 94 valence electrons. The fourth-order valence-electron chi connectivity index (χ4n) is 2.29. The molecule has 2 rings (SSSR count). The highest BCUT2D eigenvalue weighted by atomic mass is 127. The normalized spacial score (nSPS) is 26.4. The molecule has 1 fully saturated rings. The molecule has 1 aliphatic heterocycles. The van der Waals surface area contributed by atoms with Crippen LogP contribution in [0.5, 0.6) is 0 Å². The van der Waals surface area contributed by atoms with E-state index in [2.05, 4.69) is 78.8 Å². The summed E-state index contributed by atoms with van der Waals surface area (Å²) in [5.74, 6) is 0. The molecular weight excluding hydrogens is 325 g/mol. The van der Waals surface area contributed by atoms with Crippen molar-refractivity contribution < 1.29 is 4.84 Å². The molecule has 3 heteroatoms. The van der Waals surface area contributed by atoms with Gasteiger partial charge in [-0.1, -0.05) is 52.9 Å². The van der Waals surface area contributed by atoms with E-state index >= 15 is 0 Å². The van der Waals surface area contributed by atoms with Crippen molar-refractivity contribution in [3.63, 3.8) is 0 Å². The SMILES string of the molecule is CC(C)(C)N1O[C@H](CI)C[C@@H]1c1ccccc1. The van der Waals surface area contributed by atoms with E-state index in [0.29, 0.717) is 12.1 Å². The van der Waals surface area contributed by atoms with Gasteiger partial charge in [0.1, 0.15) is 0 Å². The highest BCUT2D eigenvalue weighted by molar-refractivity contribution is 14.1. The van der Waals surface area contributed by atoms with Crippen LogP contribution in [0, 0.1) is 0 Å². The first kappa shape index (κ1) is 13.3. The van der Waals surface area contributed by atoms with Gasteiger partial charge in [-0.3, -0.25) is 4.84 Å². The van der Waals surface area contributed by atoms with E-state index in [-0.39, 0.29) is 5.54 Å². The van der Waals surface area contributed by atoms with E-state index in [0.717, 1.165) is 10.8 Å². The maximum atomic E-state index is 6.07. The van der Waals surface area contributed by atoms with Crippen LogP contribution in [0.25, 0.3) is 0 Å². The van der Waals surface area contributed by atoms with Crippen LogP contribution in [-0.4, -0.2) is 21.1 Å². The van der Waals surface area contributed by atoms with Crippen LogP contribution in [-0.2, 0) is 4.84 Å². The molecule has 0 radical (unpaired) electrons. The number of benzene rings is 1. The molecule has 0 unspecified atom stereocenters. The first-order chi connectivity index (χ1) is 8.02. The fraction of sp³-hybridized carbons (Fsp3) is 0.571. The van der Waals surface area contributed by atoms with Crippen molar-refractivity contribution >= 4 is 22.6 Å². The Morgan fingerprint density at radius 2 is 1.94 bits per heavy atom. The summed E-state index contributed by atoms with van der Waals surface area (Å²) in [7, 11) is 0. The minimum atomic E-state index is 0.0427. The molecule has 2 nitrogen and oxygen atoms in total. The van der Waals surface area contributed by atoms with Gasteiger partial charge >= 0.3 is 0 Å². The zero-order valence-electron chi connectivity index (χ0n) is 10.7. The Hall–Kier alpha value is -0.130. The molecule has 2 atom stereocenters. The van der Waals surface area contributed by atoms with Crippen molar-refractivity contribution in [1.82, 2.24) is 5.06 Å². The number of alkyl halides is 1. The number of rotatable bonds is 2. The molecule has 1 heterocycles. The maximum absolute atomic E-state index is 6.07. The third-order valence-corrected chi connectivity index (χ3v) is 4.03. The Labute approximate surface area is 117 Å². The Kier molecular flexibility index (Phi) is 4.10. The van der Waals surface area contributed by atoms with Crippen LogP contribution in [0.15, 0.2) is 30.3 Å². The molecule has 0 saturated carbocycles. The van der Waals surface area contributed by atoms with Crippen molar-refractivity contribution in [3.8, 4) is 0 Å². The Balaban J connectivity index is 2.25. The molecule has 1 aliphatic rings. The second-order valence-electron chi connectivity index (χ2n) is 5.54. The van der Waals surface area contributed by atoms with Crippen molar-refractivity contribution in [3.05, 3.63) is 35.9 Å². The summed E-state index contributed by atoms with van der Waals surface area (Å²) in [4.78, 5) is 6.07. The summed E-state index contributed by atoms with van der Waals surface area (Å²) in [5, 5.41) is 2.17. The second kappa shape index (κ2) is 5.24. The summed E-state index contributed by atoms with van der Waals surface area (Å²) in [5.41, 5.74) is 1.40. The molecule has 1 aromatic rings. The van der Waals surface area contributed by atoms with Gasteiger partial charge in [-0.15, -0.1) is 0 Å². The Bertz CT molecular complexity index is 360. The van der Waals surface area contributed by atoms with Gasteiger partial charge in [0.15, 0.2) is 0 Å². The highest BCUT2D eigenvalue weighted by Crippen LogP contribution is 2.39. The molecule has 0 amide bonds. The molecular formula is C14H20INO. The smallest absolute Gasteiger partial charge is 0.0902 e. The van der Waals surface area contributed by atoms with Gasteiger partial charge in [-0.2, -0.15) is 5.06 Å². The van der Waals surface area contributed by atoms with Crippen LogP contribution >= 0.6 is 22.6 Å². The van der Waals surface area contributed by atoms with E-state index in [1.807, 2.05) is 0 Å². The van der Waals surface area contributed by atoms with Gasteiger partial charge in [-0.05, 0) is 32.8 Å². The summed E-state index contributed by atoms with van der Waals surface area (Å²) >= 11 is 2.41. The molecule has 0 aromatic heterocycles. The van der Waals surface area contributed by atoms with Crippen molar-refractivity contribution in [2.45, 2.75) is 44.9 Å². The van der Waals surface area contributed by atoms with Crippen molar-refractivity contribution in [1.29, 1.82) is 0 Å². The molecule has 1 aromatic carbocycles. The molecule has 0 aliphatic carbocycles. The van der Waals surface area contributed by atoms with E-state index in [1.165, 1.54) is 5.56 Å². The Morgan fingerprint density at radius 3 is 2.47 bits per heavy atom. The number of nitrogens with zero attached hydrogens (tertiary/aromatic N) is 1. The van der Waals surface area contributed by atoms with Crippen molar-refractivity contribution in [2.75, 3.05) is 4.43 Å². The fourth-order valence-corrected chi connectivity index (χ4v) is 2.81. The standard InChI is InChI=1S/C14H20INO/c1-14(2,3)16-13(9-12(10-15)17-16)11-7-5-4-6-8-11/h4-8,12-13H,9-10H2,1-3H3/t12-,13+/m0/s1. The zero-order chi connectivity index (χ0) is 12.5. The molecule has 0 N–H and O–H groups in total. The van der Waals surface area contributed by atoms with E-state index in [9.17, 15) is 0 Å². The molecule has 1 saturated heterocycles. The lowest BCUT2D eigenvalue weighted by atomic mass is 9.98. The number of hydroxylamine groups is 2. The first-order valence-corrected chi connectivity index (χ1v) is 7.62. The quantitative estimate of drug-likeness (QED) is 0.594. The average Bonchev–Trinajstić information content (AvgIpc) is 2.74. The zero-order valence-corrected chi connectivity index (χ0v) is 12.8. The maximum Gasteiger partial charge on any atom is 0.0902 e. The minimum absolute atomic E-state index is 0.0427. The van der Waals surface area contributed by atoms with Gasteiger partial charge in [0.2, 0.25) is 0 Å². The topological polar surface area (TPSA) is 12.5 Å². The third-order valence-electron chi connectivity index (χ3n) is 3.05. The summed E-state index contributed by atoms with van der Waals surface area (Å²) in [6.45, 7) is 6.62. The third kappa shape index (κ3) is 3.01. The average molecular weight is 345 g/mol. The van der Waals surface area contributed by atoms with Crippen LogP contribution in [0.1, 0.15) is 38.8 Å². The second-order valence-corrected chi connectivity index (χ2v) is 6.42.